The first-order chi connectivity index (χ1) is 12.1. The molecule has 0 aliphatic carbocycles. The molecule has 0 fully saturated rings. The Balaban J connectivity index is 1.58. The molecule has 0 amide bonds. The van der Waals surface area contributed by atoms with Crippen LogP contribution in [0.2, 0.25) is 10.0 Å². The lowest BCUT2D eigenvalue weighted by Crippen LogP contribution is -1.98. The summed E-state index contributed by atoms with van der Waals surface area (Å²) in [4.78, 5) is 0. The van der Waals surface area contributed by atoms with Crippen LogP contribution in [-0.2, 0) is 13.2 Å². The standard InChI is InChI=1S/C20H16Cl2O3/c21-18-10-16(23)11-19(22)20(18)25-13-15-6-8-17(9-7-15)24-12-14-4-2-1-3-5-14/h1-11,23H,12-13H2. The Morgan fingerprint density at radius 3 is 1.92 bits per heavy atom. The molecule has 128 valence electrons. The maximum Gasteiger partial charge on any atom is 0.157 e. The first-order valence-corrected chi connectivity index (χ1v) is 8.44. The highest BCUT2D eigenvalue weighted by Gasteiger charge is 2.10. The van der Waals surface area contributed by atoms with Crippen LogP contribution in [0.3, 0.4) is 0 Å². The molecule has 1 N–H and O–H groups in total. The SMILES string of the molecule is Oc1cc(Cl)c(OCc2ccc(OCc3ccccc3)cc2)c(Cl)c1. The molecule has 0 saturated heterocycles. The van der Waals surface area contributed by atoms with Crippen molar-refractivity contribution in [2.45, 2.75) is 13.2 Å². The van der Waals surface area contributed by atoms with Gasteiger partial charge in [-0.05, 0) is 23.3 Å². The maximum absolute atomic E-state index is 9.43. The molecule has 0 aliphatic rings. The lowest BCUT2D eigenvalue weighted by molar-refractivity contribution is 0.300. The number of phenols is 1. The van der Waals surface area contributed by atoms with Gasteiger partial charge in [0.15, 0.2) is 5.75 Å². The van der Waals surface area contributed by atoms with Crippen molar-refractivity contribution in [1.82, 2.24) is 0 Å². The highest BCUT2D eigenvalue weighted by atomic mass is 35.5. The van der Waals surface area contributed by atoms with Crippen LogP contribution in [0.1, 0.15) is 11.1 Å². The molecule has 3 aromatic carbocycles. The van der Waals surface area contributed by atoms with Crippen LogP contribution in [0.15, 0.2) is 66.7 Å². The van der Waals surface area contributed by atoms with Crippen molar-refractivity contribution >= 4 is 23.2 Å². The summed E-state index contributed by atoms with van der Waals surface area (Å²) >= 11 is 12.1. The van der Waals surface area contributed by atoms with Gasteiger partial charge in [0.1, 0.15) is 24.7 Å². The molecule has 0 spiro atoms. The third kappa shape index (κ3) is 4.81. The molecular formula is C20H16Cl2O3. The summed E-state index contributed by atoms with van der Waals surface area (Å²) in [6, 6.07) is 20.4. The van der Waals surface area contributed by atoms with Crippen LogP contribution >= 0.6 is 23.2 Å². The van der Waals surface area contributed by atoms with Crippen molar-refractivity contribution in [3.63, 3.8) is 0 Å². The molecule has 0 unspecified atom stereocenters. The number of hydrogen-bond acceptors (Lipinski definition) is 3. The van der Waals surface area contributed by atoms with Crippen molar-refractivity contribution in [2.75, 3.05) is 0 Å². The molecule has 0 saturated carbocycles. The quantitative estimate of drug-likeness (QED) is 0.587. The Labute approximate surface area is 156 Å². The van der Waals surface area contributed by atoms with E-state index >= 15 is 0 Å². The molecule has 3 rings (SSSR count). The molecule has 0 aromatic heterocycles. The van der Waals surface area contributed by atoms with E-state index in [4.69, 9.17) is 32.7 Å². The largest absolute Gasteiger partial charge is 0.508 e. The van der Waals surface area contributed by atoms with E-state index in [0.717, 1.165) is 16.9 Å². The highest BCUT2D eigenvalue weighted by molar-refractivity contribution is 6.37. The van der Waals surface area contributed by atoms with Crippen molar-refractivity contribution in [2.24, 2.45) is 0 Å². The normalized spacial score (nSPS) is 10.5. The number of ether oxygens (including phenoxy) is 2. The average Bonchev–Trinajstić information content (AvgIpc) is 2.61. The van der Waals surface area contributed by atoms with Crippen molar-refractivity contribution in [1.29, 1.82) is 0 Å². The number of aromatic hydroxyl groups is 1. The number of phenolic OH excluding ortho intramolecular Hbond substituents is 1. The summed E-state index contributed by atoms with van der Waals surface area (Å²) in [5, 5.41) is 9.97. The smallest absolute Gasteiger partial charge is 0.157 e. The van der Waals surface area contributed by atoms with E-state index in [1.807, 2.05) is 54.6 Å². The zero-order chi connectivity index (χ0) is 17.6. The third-order valence-corrected chi connectivity index (χ3v) is 4.10. The van der Waals surface area contributed by atoms with E-state index in [2.05, 4.69) is 0 Å². The second-order valence-electron chi connectivity index (χ2n) is 5.45. The summed E-state index contributed by atoms with van der Waals surface area (Å²) in [7, 11) is 0. The van der Waals surface area contributed by atoms with E-state index in [9.17, 15) is 5.11 Å². The predicted molar refractivity (Wildman–Crippen MR) is 99.7 cm³/mol. The van der Waals surface area contributed by atoms with Crippen LogP contribution in [0.25, 0.3) is 0 Å². The monoisotopic (exact) mass is 374 g/mol. The predicted octanol–water partition coefficient (Wildman–Crippen LogP) is 5.86. The first-order valence-electron chi connectivity index (χ1n) is 7.68. The maximum atomic E-state index is 9.43. The number of rotatable bonds is 6. The lowest BCUT2D eigenvalue weighted by atomic mass is 10.2. The number of benzene rings is 3. The second-order valence-corrected chi connectivity index (χ2v) is 6.26. The summed E-state index contributed by atoms with van der Waals surface area (Å²) < 4.78 is 11.4. The minimum absolute atomic E-state index is 0.00210. The van der Waals surface area contributed by atoms with E-state index < -0.39 is 0 Å². The molecular weight excluding hydrogens is 359 g/mol. The van der Waals surface area contributed by atoms with Crippen molar-refractivity contribution in [3.05, 3.63) is 87.9 Å². The van der Waals surface area contributed by atoms with Gasteiger partial charge < -0.3 is 14.6 Å². The Morgan fingerprint density at radius 1 is 0.720 bits per heavy atom. The van der Waals surface area contributed by atoms with Crippen LogP contribution in [0, 0.1) is 0 Å². The Kier molecular flexibility index (Phi) is 5.69. The second kappa shape index (κ2) is 8.15. The molecule has 3 aromatic rings. The number of halogens is 2. The van der Waals surface area contributed by atoms with Crippen molar-refractivity contribution < 1.29 is 14.6 Å². The van der Waals surface area contributed by atoms with Crippen LogP contribution in [0.5, 0.6) is 17.2 Å². The van der Waals surface area contributed by atoms with Gasteiger partial charge in [0.05, 0.1) is 10.0 Å². The summed E-state index contributed by atoms with van der Waals surface area (Å²) in [5.41, 5.74) is 2.07. The summed E-state index contributed by atoms with van der Waals surface area (Å²) in [5.74, 6) is 1.14. The molecule has 0 atom stereocenters. The summed E-state index contributed by atoms with van der Waals surface area (Å²) in [6.45, 7) is 0.832. The van der Waals surface area contributed by atoms with Gasteiger partial charge in [0.2, 0.25) is 0 Å². The molecule has 25 heavy (non-hydrogen) atoms. The fourth-order valence-electron chi connectivity index (χ4n) is 2.26. The minimum Gasteiger partial charge on any atom is -0.508 e. The zero-order valence-corrected chi connectivity index (χ0v) is 14.8. The van der Waals surface area contributed by atoms with Crippen LogP contribution in [-0.4, -0.2) is 5.11 Å². The van der Waals surface area contributed by atoms with E-state index in [-0.39, 0.29) is 15.8 Å². The fraction of sp³-hybridized carbons (Fsp3) is 0.100. The Morgan fingerprint density at radius 2 is 1.28 bits per heavy atom. The van der Waals surface area contributed by atoms with E-state index in [1.165, 1.54) is 12.1 Å². The topological polar surface area (TPSA) is 38.7 Å². The molecule has 0 heterocycles. The highest BCUT2D eigenvalue weighted by Crippen LogP contribution is 2.36. The Bertz CT molecular complexity index is 810. The van der Waals surface area contributed by atoms with Gasteiger partial charge in [-0.2, -0.15) is 0 Å². The molecule has 0 aliphatic heterocycles. The van der Waals surface area contributed by atoms with Gasteiger partial charge in [-0.25, -0.2) is 0 Å². The molecule has 0 bridgehead atoms. The lowest BCUT2D eigenvalue weighted by Gasteiger charge is -2.11. The Hall–Kier alpha value is -2.36. The van der Waals surface area contributed by atoms with Gasteiger partial charge in [0, 0.05) is 12.1 Å². The number of hydrogen-bond donors (Lipinski definition) is 1. The van der Waals surface area contributed by atoms with Gasteiger partial charge in [-0.1, -0.05) is 65.7 Å². The zero-order valence-electron chi connectivity index (χ0n) is 13.3. The van der Waals surface area contributed by atoms with Gasteiger partial charge >= 0.3 is 0 Å². The molecule has 0 radical (unpaired) electrons. The minimum atomic E-state index is 0.00210. The summed E-state index contributed by atoms with van der Waals surface area (Å²) in [6.07, 6.45) is 0. The molecule has 5 heteroatoms. The molecule has 3 nitrogen and oxygen atoms in total. The van der Waals surface area contributed by atoms with Crippen LogP contribution < -0.4 is 9.47 Å². The van der Waals surface area contributed by atoms with Gasteiger partial charge in [0.25, 0.3) is 0 Å². The van der Waals surface area contributed by atoms with E-state index in [1.54, 1.807) is 0 Å². The van der Waals surface area contributed by atoms with Crippen molar-refractivity contribution in [3.8, 4) is 17.2 Å². The first kappa shape index (κ1) is 17.5. The average molecular weight is 375 g/mol. The fourth-order valence-corrected chi connectivity index (χ4v) is 2.85. The van der Waals surface area contributed by atoms with E-state index in [0.29, 0.717) is 19.0 Å². The third-order valence-electron chi connectivity index (χ3n) is 3.54. The van der Waals surface area contributed by atoms with Gasteiger partial charge in [-0.15, -0.1) is 0 Å². The van der Waals surface area contributed by atoms with Crippen LogP contribution in [0.4, 0.5) is 0 Å². The van der Waals surface area contributed by atoms with Gasteiger partial charge in [-0.3, -0.25) is 0 Å².